The van der Waals surface area contributed by atoms with Gasteiger partial charge in [-0.3, -0.25) is 0 Å². The molecule has 10 heteroatoms. The van der Waals surface area contributed by atoms with E-state index in [9.17, 15) is 9.63 Å². The van der Waals surface area contributed by atoms with Gasteiger partial charge >= 0.3 is 0 Å². The first kappa shape index (κ1) is 13.1. The maximum absolute atomic E-state index is 12.6. The Morgan fingerprint density at radius 3 is 3.00 bits per heavy atom. The van der Waals surface area contributed by atoms with Crippen LogP contribution in [0.25, 0.3) is 11.2 Å². The molecule has 1 aliphatic heterocycles. The molecule has 5 N–H and O–H groups in total. The van der Waals surface area contributed by atoms with Gasteiger partial charge in [-0.15, -0.1) is 0 Å². The maximum atomic E-state index is 12.6. The fraction of sp³-hybridized carbons (Fsp3) is 0.500. The van der Waals surface area contributed by atoms with Gasteiger partial charge in [-0.2, -0.15) is 4.94 Å². The van der Waals surface area contributed by atoms with E-state index < -0.39 is 31.0 Å². The molecule has 0 bridgehead atoms. The van der Waals surface area contributed by atoms with Gasteiger partial charge in [-0.25, -0.2) is 15.0 Å². The molecule has 0 radical (unpaired) electrons. The third-order valence-electron chi connectivity index (χ3n) is 3.21. The summed E-state index contributed by atoms with van der Waals surface area (Å²) in [6.07, 6.45) is -3.36. The highest BCUT2D eigenvalue weighted by molar-refractivity contribution is 5.80. The summed E-state index contributed by atoms with van der Waals surface area (Å²) in [7, 11) is 0. The van der Waals surface area contributed by atoms with E-state index in [0.717, 1.165) is 0 Å². The zero-order chi connectivity index (χ0) is 14.3. The zero-order valence-corrected chi connectivity index (χ0v) is 10.1. The molecule has 20 heavy (non-hydrogen) atoms. The van der Waals surface area contributed by atoms with E-state index in [-0.39, 0.29) is 17.3 Å². The number of halogens is 1. The largest absolute Gasteiger partial charge is 0.394 e. The first-order chi connectivity index (χ1) is 9.65. The van der Waals surface area contributed by atoms with Crippen molar-refractivity contribution in [1.29, 1.82) is 0 Å². The average Bonchev–Trinajstić information content (AvgIpc) is 3.02. The van der Waals surface area contributed by atoms with Crippen LogP contribution in [0.2, 0.25) is 0 Å². The minimum Gasteiger partial charge on any atom is -0.394 e. The summed E-state index contributed by atoms with van der Waals surface area (Å²) in [5.41, 5.74) is 6.47. The van der Waals surface area contributed by atoms with Gasteiger partial charge < -0.3 is 25.7 Å². The molecule has 3 heterocycles. The molecule has 1 fully saturated rings. The van der Waals surface area contributed by atoms with E-state index in [1.54, 1.807) is 0 Å². The van der Waals surface area contributed by atoms with Crippen molar-refractivity contribution in [2.75, 3.05) is 12.3 Å². The monoisotopic (exact) mass is 285 g/mol. The highest BCUT2D eigenvalue weighted by atomic mass is 19.3. The van der Waals surface area contributed by atoms with Crippen molar-refractivity contribution in [3.8, 4) is 0 Å². The molecule has 108 valence electrons. The Kier molecular flexibility index (Phi) is 3.22. The lowest BCUT2D eigenvalue weighted by molar-refractivity contribution is -0.212. The molecule has 2 aromatic heterocycles. The number of nitrogens with zero attached hydrogens (tertiary/aromatic N) is 3. The predicted octanol–water partition coefficient (Wildman–Crippen LogP) is -1.00. The normalized spacial score (nSPS) is 30.1. The van der Waals surface area contributed by atoms with Crippen molar-refractivity contribution in [2.45, 2.75) is 24.4 Å². The Hall–Kier alpha value is -1.88. The van der Waals surface area contributed by atoms with Crippen LogP contribution in [0.5, 0.6) is 0 Å². The van der Waals surface area contributed by atoms with Gasteiger partial charge in [-0.05, 0) is 4.53 Å². The molecule has 1 saturated heterocycles. The number of ether oxygens (including phenoxy) is 1. The standard InChI is InChI=1S/C10H12FN5O4/c11-20-6-5(18)3(1-17)19-7(6)10-15-8(12)4-9(16-10)14-2-13-4/h2-3,5-7,17-18H,1H2,(H3,12,13,14,15,16)/t3-,5-,6+,7?/m1/s1. The van der Waals surface area contributed by atoms with Crippen LogP contribution in [0.1, 0.15) is 11.9 Å². The lowest BCUT2D eigenvalue weighted by atomic mass is 10.1. The van der Waals surface area contributed by atoms with Crippen LogP contribution in [0.4, 0.5) is 10.3 Å². The zero-order valence-electron chi connectivity index (χ0n) is 10.1. The molecule has 2 aromatic rings. The quantitative estimate of drug-likeness (QED) is 0.563. The molecule has 0 spiro atoms. The fourth-order valence-corrected chi connectivity index (χ4v) is 2.20. The molecule has 0 amide bonds. The van der Waals surface area contributed by atoms with Crippen LogP contribution in [-0.4, -0.2) is 55.1 Å². The number of nitrogen functional groups attached to an aromatic ring is 1. The van der Waals surface area contributed by atoms with Gasteiger partial charge in [-0.1, -0.05) is 0 Å². The van der Waals surface area contributed by atoms with Gasteiger partial charge in [0, 0.05) is 0 Å². The number of H-pyrrole nitrogens is 1. The van der Waals surface area contributed by atoms with E-state index in [2.05, 4.69) is 24.9 Å². The summed E-state index contributed by atoms with van der Waals surface area (Å²) in [4.78, 5) is 18.5. The van der Waals surface area contributed by atoms with Gasteiger partial charge in [0.15, 0.2) is 23.4 Å². The second-order valence-electron chi connectivity index (χ2n) is 4.39. The maximum Gasteiger partial charge on any atom is 0.183 e. The number of rotatable bonds is 3. The number of aromatic nitrogens is 4. The van der Waals surface area contributed by atoms with Crippen molar-refractivity contribution in [1.82, 2.24) is 19.9 Å². The number of anilines is 1. The third kappa shape index (κ3) is 1.89. The van der Waals surface area contributed by atoms with Crippen LogP contribution in [-0.2, 0) is 9.68 Å². The molecule has 3 rings (SSSR count). The number of nitrogens with two attached hydrogens (primary N) is 1. The first-order valence-corrected chi connectivity index (χ1v) is 5.84. The topological polar surface area (TPSA) is 139 Å². The lowest BCUT2D eigenvalue weighted by Crippen LogP contribution is -2.33. The molecule has 1 unspecified atom stereocenters. The van der Waals surface area contributed by atoms with Crippen molar-refractivity contribution in [3.05, 3.63) is 12.2 Å². The van der Waals surface area contributed by atoms with Crippen molar-refractivity contribution in [2.24, 2.45) is 0 Å². The van der Waals surface area contributed by atoms with Crippen LogP contribution in [0.3, 0.4) is 0 Å². The van der Waals surface area contributed by atoms with Crippen LogP contribution >= 0.6 is 0 Å². The molecule has 0 aliphatic carbocycles. The molecule has 0 aromatic carbocycles. The number of aliphatic hydroxyl groups excluding tert-OH is 2. The van der Waals surface area contributed by atoms with E-state index in [0.29, 0.717) is 5.52 Å². The van der Waals surface area contributed by atoms with E-state index in [1.165, 1.54) is 6.33 Å². The van der Waals surface area contributed by atoms with Crippen LogP contribution in [0.15, 0.2) is 6.33 Å². The van der Waals surface area contributed by atoms with Gasteiger partial charge in [0.2, 0.25) is 0 Å². The molecule has 0 saturated carbocycles. The highest BCUT2D eigenvalue weighted by Crippen LogP contribution is 2.35. The van der Waals surface area contributed by atoms with Crippen LogP contribution in [0, 0.1) is 0 Å². The van der Waals surface area contributed by atoms with E-state index >= 15 is 0 Å². The summed E-state index contributed by atoms with van der Waals surface area (Å²) in [5.74, 6) is 0.144. The highest BCUT2D eigenvalue weighted by Gasteiger charge is 2.47. The Morgan fingerprint density at radius 2 is 2.30 bits per heavy atom. The number of imidazole rings is 1. The van der Waals surface area contributed by atoms with Gasteiger partial charge in [0.25, 0.3) is 0 Å². The van der Waals surface area contributed by atoms with E-state index in [4.69, 9.17) is 15.6 Å². The smallest absolute Gasteiger partial charge is 0.183 e. The Morgan fingerprint density at radius 1 is 1.50 bits per heavy atom. The summed E-state index contributed by atoms with van der Waals surface area (Å²) in [6, 6.07) is 0. The number of hydrogen-bond donors (Lipinski definition) is 4. The second-order valence-corrected chi connectivity index (χ2v) is 4.39. The van der Waals surface area contributed by atoms with Crippen LogP contribution < -0.4 is 5.73 Å². The fourth-order valence-electron chi connectivity index (χ4n) is 2.20. The van der Waals surface area contributed by atoms with Gasteiger partial charge in [0.1, 0.15) is 23.8 Å². The Balaban J connectivity index is 2.01. The molecular formula is C10H12FN5O4. The number of aliphatic hydroxyl groups is 2. The van der Waals surface area contributed by atoms with Gasteiger partial charge in [0.05, 0.1) is 12.9 Å². The Labute approximate surface area is 111 Å². The molecule has 4 atom stereocenters. The van der Waals surface area contributed by atoms with E-state index in [1.807, 2.05) is 0 Å². The number of hydrogen-bond acceptors (Lipinski definition) is 8. The third-order valence-corrected chi connectivity index (χ3v) is 3.21. The van der Waals surface area contributed by atoms with Crippen molar-refractivity contribution in [3.63, 3.8) is 0 Å². The summed E-state index contributed by atoms with van der Waals surface area (Å²) in [5, 5.41) is 18.8. The summed E-state index contributed by atoms with van der Waals surface area (Å²) < 4.78 is 17.9. The molecule has 9 nitrogen and oxygen atoms in total. The molecular weight excluding hydrogens is 273 g/mol. The Bertz CT molecular complexity index is 623. The van der Waals surface area contributed by atoms with Crippen molar-refractivity contribution < 1.29 is 24.4 Å². The van der Waals surface area contributed by atoms with Crippen molar-refractivity contribution >= 4 is 17.0 Å². The molecule has 1 aliphatic rings. The summed E-state index contributed by atoms with van der Waals surface area (Å²) in [6.45, 7) is -0.488. The first-order valence-electron chi connectivity index (χ1n) is 5.84. The number of aromatic amines is 1. The minimum absolute atomic E-state index is 0.0275. The summed E-state index contributed by atoms with van der Waals surface area (Å²) >= 11 is 0. The number of nitrogens with one attached hydrogen (secondary N) is 1. The lowest BCUT2D eigenvalue weighted by Gasteiger charge is -2.14. The predicted molar refractivity (Wildman–Crippen MR) is 62.8 cm³/mol. The average molecular weight is 285 g/mol. The SMILES string of the molecule is Nc1nc(C2O[C@H](CO)[C@@H](O)[C@@H]2OF)nc2nc[nH]c12. The number of fused-ring (bicyclic) bond motifs is 1. The second kappa shape index (κ2) is 4.90. The minimum atomic E-state index is -1.34.